The van der Waals surface area contributed by atoms with Crippen LogP contribution in [-0.4, -0.2) is 41.5 Å². The molecule has 146 valence electrons. The van der Waals surface area contributed by atoms with E-state index in [1.165, 1.54) is 4.90 Å². The van der Waals surface area contributed by atoms with Crippen LogP contribution in [0.1, 0.15) is 0 Å². The molecule has 0 radical (unpaired) electrons. The molecule has 0 spiro atoms. The molecule has 0 unspecified atom stereocenters. The van der Waals surface area contributed by atoms with Gasteiger partial charge in [0.1, 0.15) is 16.6 Å². The second-order valence-electron chi connectivity index (χ2n) is 6.74. The molecule has 2 aromatic carbocycles. The first-order chi connectivity index (χ1) is 14.0. The summed E-state index contributed by atoms with van der Waals surface area (Å²) in [4.78, 5) is 22.2. The first-order valence-corrected chi connectivity index (χ1v) is 9.88. The average Bonchev–Trinajstić information content (AvgIpc) is 3.16. The Morgan fingerprint density at radius 2 is 1.86 bits per heavy atom. The number of thiazole rings is 1. The Labute approximate surface area is 172 Å². The standard InChI is InChI=1S/C22H20N4O2S/c1-26(2)20(27)13-28-16-9-7-14(8-10-16)15-11-17(21(23)24-12-15)22-25-18-5-3-4-6-19(18)29-22/h3-12H,13H2,1-2H3,(H2,23,24). The molecule has 0 bridgehead atoms. The molecule has 2 N–H and O–H groups in total. The fourth-order valence-electron chi connectivity index (χ4n) is 2.81. The Morgan fingerprint density at radius 1 is 1.10 bits per heavy atom. The first-order valence-electron chi connectivity index (χ1n) is 9.06. The van der Waals surface area contributed by atoms with Crippen molar-refractivity contribution in [3.05, 3.63) is 60.8 Å². The smallest absolute Gasteiger partial charge is 0.259 e. The van der Waals surface area contributed by atoms with Crippen LogP contribution in [0.15, 0.2) is 60.8 Å². The van der Waals surface area contributed by atoms with Crippen molar-refractivity contribution in [2.24, 2.45) is 0 Å². The average molecular weight is 404 g/mol. The minimum absolute atomic E-state index is 0.0114. The second kappa shape index (κ2) is 7.89. The third kappa shape index (κ3) is 4.05. The molecule has 2 heterocycles. The van der Waals surface area contributed by atoms with Crippen LogP contribution in [0.2, 0.25) is 0 Å². The van der Waals surface area contributed by atoms with Crippen LogP contribution in [-0.2, 0) is 4.79 Å². The second-order valence-corrected chi connectivity index (χ2v) is 7.78. The molecule has 1 amide bonds. The number of anilines is 1. The molecular formula is C22H20N4O2S. The van der Waals surface area contributed by atoms with E-state index in [9.17, 15) is 4.79 Å². The third-order valence-corrected chi connectivity index (χ3v) is 5.56. The molecule has 0 saturated carbocycles. The number of carbonyl (C=O) groups excluding carboxylic acids is 1. The minimum Gasteiger partial charge on any atom is -0.484 e. The summed E-state index contributed by atoms with van der Waals surface area (Å²) in [7, 11) is 3.40. The highest BCUT2D eigenvalue weighted by molar-refractivity contribution is 7.21. The Morgan fingerprint density at radius 3 is 2.59 bits per heavy atom. The molecule has 4 rings (SSSR count). The number of fused-ring (bicyclic) bond motifs is 1. The largest absolute Gasteiger partial charge is 0.484 e. The van der Waals surface area contributed by atoms with Crippen LogP contribution in [0.4, 0.5) is 5.82 Å². The molecule has 0 fully saturated rings. The summed E-state index contributed by atoms with van der Waals surface area (Å²) in [5, 5.41) is 0.847. The summed E-state index contributed by atoms with van der Waals surface area (Å²) in [5.74, 6) is 1.01. The van der Waals surface area contributed by atoms with Gasteiger partial charge in [0.25, 0.3) is 5.91 Å². The number of benzene rings is 2. The summed E-state index contributed by atoms with van der Waals surface area (Å²) >= 11 is 1.60. The van der Waals surface area contributed by atoms with Crippen molar-refractivity contribution in [2.45, 2.75) is 0 Å². The summed E-state index contributed by atoms with van der Waals surface area (Å²) in [6.07, 6.45) is 1.75. The van der Waals surface area contributed by atoms with Crippen LogP contribution in [0, 0.1) is 0 Å². The van der Waals surface area contributed by atoms with Crippen molar-refractivity contribution in [3.63, 3.8) is 0 Å². The van der Waals surface area contributed by atoms with Gasteiger partial charge in [0.2, 0.25) is 0 Å². The van der Waals surface area contributed by atoms with Crippen molar-refractivity contribution in [3.8, 4) is 27.4 Å². The number of hydrogen-bond donors (Lipinski definition) is 1. The van der Waals surface area contributed by atoms with Gasteiger partial charge in [-0.25, -0.2) is 9.97 Å². The fraction of sp³-hybridized carbons (Fsp3) is 0.136. The normalized spacial score (nSPS) is 10.8. The van der Waals surface area contributed by atoms with Gasteiger partial charge in [-0.1, -0.05) is 24.3 Å². The number of likely N-dealkylation sites (N-methyl/N-ethyl adjacent to an activating group) is 1. The van der Waals surface area contributed by atoms with E-state index >= 15 is 0 Å². The molecule has 0 aliphatic carbocycles. The van der Waals surface area contributed by atoms with Crippen molar-refractivity contribution < 1.29 is 9.53 Å². The Bertz CT molecular complexity index is 1140. The summed E-state index contributed by atoms with van der Waals surface area (Å²) in [6.45, 7) is 0.0114. The lowest BCUT2D eigenvalue weighted by atomic mass is 10.1. The number of carbonyl (C=O) groups is 1. The van der Waals surface area contributed by atoms with Gasteiger partial charge in [0.15, 0.2) is 6.61 Å². The highest BCUT2D eigenvalue weighted by atomic mass is 32.1. The molecule has 0 aliphatic heterocycles. The Kier molecular flexibility index (Phi) is 5.14. The van der Waals surface area contributed by atoms with Crippen LogP contribution in [0.25, 0.3) is 31.9 Å². The molecule has 0 aliphatic rings. The van der Waals surface area contributed by atoms with E-state index in [1.54, 1.807) is 31.6 Å². The molecule has 6 nitrogen and oxygen atoms in total. The quantitative estimate of drug-likeness (QED) is 0.542. The van der Waals surface area contributed by atoms with Gasteiger partial charge >= 0.3 is 0 Å². The lowest BCUT2D eigenvalue weighted by molar-refractivity contribution is -0.130. The van der Waals surface area contributed by atoms with Gasteiger partial charge in [-0.15, -0.1) is 11.3 Å². The highest BCUT2D eigenvalue weighted by Crippen LogP contribution is 2.35. The molecule has 7 heteroatoms. The van der Waals surface area contributed by atoms with E-state index in [2.05, 4.69) is 4.98 Å². The predicted octanol–water partition coefficient (Wildman–Crippen LogP) is 4.07. The Hall–Kier alpha value is -3.45. The number of nitrogens with two attached hydrogens (primary N) is 1. The van der Waals surface area contributed by atoms with Crippen LogP contribution in [0.3, 0.4) is 0 Å². The number of ether oxygens (including phenoxy) is 1. The zero-order chi connectivity index (χ0) is 20.4. The lowest BCUT2D eigenvalue weighted by Crippen LogP contribution is -2.27. The summed E-state index contributed by atoms with van der Waals surface area (Å²) < 4.78 is 6.64. The van der Waals surface area contributed by atoms with Gasteiger partial charge in [0, 0.05) is 25.9 Å². The number of hydrogen-bond acceptors (Lipinski definition) is 6. The van der Waals surface area contributed by atoms with E-state index in [-0.39, 0.29) is 12.5 Å². The number of pyridine rings is 1. The maximum Gasteiger partial charge on any atom is 0.259 e. The van der Waals surface area contributed by atoms with Gasteiger partial charge in [-0.3, -0.25) is 4.79 Å². The maximum absolute atomic E-state index is 11.6. The van der Waals surface area contributed by atoms with E-state index in [0.29, 0.717) is 11.6 Å². The maximum atomic E-state index is 11.6. The van der Waals surface area contributed by atoms with Gasteiger partial charge in [-0.2, -0.15) is 0 Å². The number of aromatic nitrogens is 2. The molecule has 29 heavy (non-hydrogen) atoms. The summed E-state index contributed by atoms with van der Waals surface area (Å²) in [6, 6.07) is 17.6. The van der Waals surface area contributed by atoms with E-state index in [1.807, 2.05) is 54.6 Å². The zero-order valence-electron chi connectivity index (χ0n) is 16.1. The SMILES string of the molecule is CN(C)C(=O)COc1ccc(-c2cnc(N)c(-c3nc4ccccc4s3)c2)cc1. The number of nitrogen functional groups attached to an aromatic ring is 1. The topological polar surface area (TPSA) is 81.3 Å². The molecule has 0 saturated heterocycles. The van der Waals surface area contributed by atoms with Crippen molar-refractivity contribution in [1.82, 2.24) is 14.9 Å². The predicted molar refractivity (Wildman–Crippen MR) is 117 cm³/mol. The number of rotatable bonds is 5. The monoisotopic (exact) mass is 404 g/mol. The van der Waals surface area contributed by atoms with Crippen molar-refractivity contribution >= 4 is 33.3 Å². The highest BCUT2D eigenvalue weighted by Gasteiger charge is 2.12. The molecule has 0 atom stereocenters. The van der Waals surface area contributed by atoms with Crippen LogP contribution >= 0.6 is 11.3 Å². The van der Waals surface area contributed by atoms with Crippen molar-refractivity contribution in [1.29, 1.82) is 0 Å². The van der Waals surface area contributed by atoms with E-state index in [0.717, 1.165) is 31.9 Å². The van der Waals surface area contributed by atoms with Crippen LogP contribution in [0.5, 0.6) is 5.75 Å². The Balaban J connectivity index is 1.59. The van der Waals surface area contributed by atoms with Gasteiger partial charge in [-0.05, 0) is 35.9 Å². The minimum atomic E-state index is -0.0858. The van der Waals surface area contributed by atoms with Gasteiger partial charge < -0.3 is 15.4 Å². The summed E-state index contributed by atoms with van der Waals surface area (Å²) in [5.41, 5.74) is 9.82. The van der Waals surface area contributed by atoms with Crippen LogP contribution < -0.4 is 10.5 Å². The number of para-hydroxylation sites is 1. The molecule has 4 aromatic rings. The molecular weight excluding hydrogens is 384 g/mol. The first kappa shape index (κ1) is 18.9. The lowest BCUT2D eigenvalue weighted by Gasteiger charge is -2.12. The molecule has 2 aromatic heterocycles. The zero-order valence-corrected chi connectivity index (χ0v) is 16.9. The van der Waals surface area contributed by atoms with E-state index < -0.39 is 0 Å². The third-order valence-electron chi connectivity index (χ3n) is 4.49. The fourth-order valence-corrected chi connectivity index (χ4v) is 3.80. The van der Waals surface area contributed by atoms with E-state index in [4.69, 9.17) is 15.5 Å². The number of nitrogens with zero attached hydrogens (tertiary/aromatic N) is 3. The van der Waals surface area contributed by atoms with Crippen molar-refractivity contribution in [2.75, 3.05) is 26.4 Å². The van der Waals surface area contributed by atoms with Gasteiger partial charge in [0.05, 0.1) is 15.8 Å². The number of amides is 1.